The third-order valence-corrected chi connectivity index (χ3v) is 3.60. The predicted molar refractivity (Wildman–Crippen MR) is 83.0 cm³/mol. The average Bonchev–Trinajstić information content (AvgIpc) is 2.94. The van der Waals surface area contributed by atoms with Crippen LogP contribution in [0.2, 0.25) is 0 Å². The van der Waals surface area contributed by atoms with Crippen molar-refractivity contribution < 1.29 is 9.59 Å². The van der Waals surface area contributed by atoms with E-state index in [4.69, 9.17) is 0 Å². The van der Waals surface area contributed by atoms with E-state index in [-0.39, 0.29) is 11.7 Å². The highest BCUT2D eigenvalue weighted by atomic mass is 16.1. The van der Waals surface area contributed by atoms with Crippen LogP contribution in [0, 0.1) is 0 Å². The van der Waals surface area contributed by atoms with Crippen LogP contribution in [0.4, 0.5) is 11.4 Å². The number of benzene rings is 2. The highest BCUT2D eigenvalue weighted by Gasteiger charge is 2.13. The van der Waals surface area contributed by atoms with Gasteiger partial charge >= 0.3 is 0 Å². The molecule has 1 heterocycles. The van der Waals surface area contributed by atoms with E-state index in [1.54, 1.807) is 30.3 Å². The molecule has 0 unspecified atom stereocenters. The van der Waals surface area contributed by atoms with Crippen LogP contribution in [-0.2, 0) is 6.42 Å². The minimum absolute atomic E-state index is 0.0188. The van der Waals surface area contributed by atoms with E-state index in [2.05, 4.69) is 10.6 Å². The zero-order chi connectivity index (χ0) is 14.8. The normalized spacial score (nSPS) is 12.4. The van der Waals surface area contributed by atoms with Crippen molar-refractivity contribution in [2.75, 3.05) is 17.2 Å². The van der Waals surface area contributed by atoms with E-state index in [1.807, 2.05) is 12.1 Å². The number of hydrogen-bond acceptors (Lipinski definition) is 3. The Bertz CT molecular complexity index is 722. The van der Waals surface area contributed by atoms with Crippen LogP contribution in [0.3, 0.4) is 0 Å². The summed E-state index contributed by atoms with van der Waals surface area (Å²) in [5.74, 6) is -0.180. The highest BCUT2D eigenvalue weighted by molar-refractivity contribution is 6.05. The van der Waals surface area contributed by atoms with Gasteiger partial charge < -0.3 is 10.6 Å². The van der Waals surface area contributed by atoms with Crippen LogP contribution >= 0.6 is 0 Å². The Labute approximate surface area is 123 Å². The molecular formula is C17H16N2O2. The lowest BCUT2D eigenvalue weighted by Crippen LogP contribution is -2.12. The summed E-state index contributed by atoms with van der Waals surface area (Å²) in [7, 11) is 0. The first kappa shape index (κ1) is 13.4. The van der Waals surface area contributed by atoms with E-state index in [0.717, 1.165) is 18.7 Å². The van der Waals surface area contributed by atoms with Gasteiger partial charge in [0.05, 0.1) is 0 Å². The van der Waals surface area contributed by atoms with Crippen LogP contribution < -0.4 is 10.6 Å². The number of Topliss-reactive ketones (excluding diaryl/α,β-unsaturated/α-hetero) is 1. The van der Waals surface area contributed by atoms with Crippen molar-refractivity contribution in [2.24, 2.45) is 0 Å². The number of rotatable bonds is 3. The predicted octanol–water partition coefficient (Wildman–Crippen LogP) is 3.11. The fourth-order valence-electron chi connectivity index (χ4n) is 2.47. The number of hydrogen-bond donors (Lipinski definition) is 2. The van der Waals surface area contributed by atoms with Crippen LogP contribution in [0.5, 0.6) is 0 Å². The fraction of sp³-hybridized carbons (Fsp3) is 0.176. The molecule has 0 aliphatic carbocycles. The minimum Gasteiger partial charge on any atom is -0.384 e. The topological polar surface area (TPSA) is 58.2 Å². The summed E-state index contributed by atoms with van der Waals surface area (Å²) in [4.78, 5) is 23.6. The molecule has 0 atom stereocenters. The maximum absolute atomic E-state index is 12.3. The maximum atomic E-state index is 12.3. The Morgan fingerprint density at radius 1 is 1.10 bits per heavy atom. The number of amides is 1. The molecule has 0 saturated heterocycles. The molecule has 2 N–H and O–H groups in total. The second-order valence-electron chi connectivity index (χ2n) is 5.14. The number of carbonyl (C=O) groups excluding carboxylic acids is 2. The van der Waals surface area contributed by atoms with Crippen molar-refractivity contribution in [3.8, 4) is 0 Å². The van der Waals surface area contributed by atoms with Crippen LogP contribution in [-0.4, -0.2) is 18.2 Å². The molecular weight excluding hydrogens is 264 g/mol. The Balaban J connectivity index is 1.80. The minimum atomic E-state index is -0.162. The molecule has 0 spiro atoms. The number of carbonyl (C=O) groups is 2. The lowest BCUT2D eigenvalue weighted by molar-refractivity contribution is 0.101. The van der Waals surface area contributed by atoms with Gasteiger partial charge in [0.25, 0.3) is 5.91 Å². The molecule has 4 heteroatoms. The summed E-state index contributed by atoms with van der Waals surface area (Å²) in [6, 6.07) is 12.6. The van der Waals surface area contributed by atoms with Crippen molar-refractivity contribution in [1.82, 2.24) is 0 Å². The largest absolute Gasteiger partial charge is 0.384 e. The summed E-state index contributed by atoms with van der Waals surface area (Å²) in [5.41, 5.74) is 4.12. The standard InChI is InChI=1S/C17H16N2O2/c1-11(20)12-3-2-4-15(10-12)19-17(21)14-5-6-16-13(9-14)7-8-18-16/h2-6,9-10,18H,7-8H2,1H3,(H,19,21). The number of nitrogens with one attached hydrogen (secondary N) is 2. The van der Waals surface area contributed by atoms with Crippen LogP contribution in [0.1, 0.15) is 33.2 Å². The molecule has 0 radical (unpaired) electrons. The van der Waals surface area contributed by atoms with E-state index in [0.29, 0.717) is 16.8 Å². The monoisotopic (exact) mass is 280 g/mol. The molecule has 0 saturated carbocycles. The second-order valence-corrected chi connectivity index (χ2v) is 5.14. The molecule has 3 rings (SSSR count). The number of anilines is 2. The summed E-state index contributed by atoms with van der Waals surface area (Å²) in [6.45, 7) is 2.43. The second kappa shape index (κ2) is 5.40. The molecule has 2 aromatic rings. The van der Waals surface area contributed by atoms with Gasteiger partial charge in [-0.3, -0.25) is 9.59 Å². The van der Waals surface area contributed by atoms with Gasteiger partial charge in [0.15, 0.2) is 5.78 Å². The number of fused-ring (bicyclic) bond motifs is 1. The van der Waals surface area contributed by atoms with Gasteiger partial charge in [-0.25, -0.2) is 0 Å². The van der Waals surface area contributed by atoms with Gasteiger partial charge in [-0.2, -0.15) is 0 Å². The summed E-state index contributed by atoms with van der Waals surface area (Å²) < 4.78 is 0. The Morgan fingerprint density at radius 3 is 2.76 bits per heavy atom. The molecule has 4 nitrogen and oxygen atoms in total. The van der Waals surface area contributed by atoms with Crippen molar-refractivity contribution in [2.45, 2.75) is 13.3 Å². The molecule has 1 amide bonds. The average molecular weight is 280 g/mol. The van der Waals surface area contributed by atoms with E-state index < -0.39 is 0 Å². The fourth-order valence-corrected chi connectivity index (χ4v) is 2.47. The molecule has 1 aliphatic heterocycles. The van der Waals surface area contributed by atoms with Crippen molar-refractivity contribution in [3.63, 3.8) is 0 Å². The van der Waals surface area contributed by atoms with Crippen LogP contribution in [0.25, 0.3) is 0 Å². The van der Waals surface area contributed by atoms with Crippen molar-refractivity contribution in [3.05, 3.63) is 59.2 Å². The zero-order valence-corrected chi connectivity index (χ0v) is 11.8. The summed E-state index contributed by atoms with van der Waals surface area (Å²) >= 11 is 0. The zero-order valence-electron chi connectivity index (χ0n) is 11.8. The van der Waals surface area contributed by atoms with Gasteiger partial charge in [-0.1, -0.05) is 12.1 Å². The van der Waals surface area contributed by atoms with Gasteiger partial charge in [0.1, 0.15) is 0 Å². The molecule has 2 aromatic carbocycles. The quantitative estimate of drug-likeness (QED) is 0.849. The smallest absolute Gasteiger partial charge is 0.255 e. The van der Waals surface area contributed by atoms with E-state index >= 15 is 0 Å². The number of ketones is 1. The molecule has 0 fully saturated rings. The first-order valence-corrected chi connectivity index (χ1v) is 6.92. The first-order valence-electron chi connectivity index (χ1n) is 6.92. The van der Waals surface area contributed by atoms with Gasteiger partial charge in [0.2, 0.25) is 0 Å². The van der Waals surface area contributed by atoms with Crippen molar-refractivity contribution in [1.29, 1.82) is 0 Å². The van der Waals surface area contributed by atoms with Gasteiger partial charge in [-0.05, 0) is 49.2 Å². The molecule has 21 heavy (non-hydrogen) atoms. The molecule has 106 valence electrons. The van der Waals surface area contributed by atoms with Crippen molar-refractivity contribution >= 4 is 23.1 Å². The lowest BCUT2D eigenvalue weighted by Gasteiger charge is -2.08. The molecule has 0 bridgehead atoms. The van der Waals surface area contributed by atoms with Gasteiger partial charge in [-0.15, -0.1) is 0 Å². The van der Waals surface area contributed by atoms with E-state index in [9.17, 15) is 9.59 Å². The highest BCUT2D eigenvalue weighted by Crippen LogP contribution is 2.23. The SMILES string of the molecule is CC(=O)c1cccc(NC(=O)c2ccc3c(c2)CCN3)c1. The summed E-state index contributed by atoms with van der Waals surface area (Å²) in [6.07, 6.45) is 0.941. The van der Waals surface area contributed by atoms with Gasteiger partial charge in [0, 0.05) is 29.0 Å². The third kappa shape index (κ3) is 2.79. The molecule has 0 aromatic heterocycles. The van der Waals surface area contributed by atoms with Crippen LogP contribution in [0.15, 0.2) is 42.5 Å². The third-order valence-electron chi connectivity index (χ3n) is 3.60. The maximum Gasteiger partial charge on any atom is 0.255 e. The van der Waals surface area contributed by atoms with E-state index in [1.165, 1.54) is 12.5 Å². The molecule has 1 aliphatic rings. The lowest BCUT2D eigenvalue weighted by atomic mass is 10.1. The summed E-state index contributed by atoms with van der Waals surface area (Å²) in [5, 5.41) is 6.10. The first-order chi connectivity index (χ1) is 10.1. The Morgan fingerprint density at radius 2 is 1.95 bits per heavy atom. The Hall–Kier alpha value is -2.62. The Kier molecular flexibility index (Phi) is 3.44.